The lowest BCUT2D eigenvalue weighted by Gasteiger charge is -2.13. The summed E-state index contributed by atoms with van der Waals surface area (Å²) in [5.41, 5.74) is 3.38. The van der Waals surface area contributed by atoms with Crippen molar-refractivity contribution in [3.05, 3.63) is 67.0 Å². The Morgan fingerprint density at radius 3 is 2.65 bits per heavy atom. The van der Waals surface area contributed by atoms with E-state index in [1.807, 2.05) is 36.4 Å². The molecule has 0 spiro atoms. The molecule has 6 heteroatoms. The quantitative estimate of drug-likeness (QED) is 0.538. The maximum absolute atomic E-state index is 11.2. The van der Waals surface area contributed by atoms with Gasteiger partial charge in [-0.1, -0.05) is 59.9 Å². The van der Waals surface area contributed by atoms with Crippen molar-refractivity contribution in [2.24, 2.45) is 0 Å². The van der Waals surface area contributed by atoms with Crippen molar-refractivity contribution in [2.75, 3.05) is 0 Å². The van der Waals surface area contributed by atoms with Crippen LogP contribution in [0.4, 0.5) is 0 Å². The molecule has 2 aromatic carbocycles. The summed E-state index contributed by atoms with van der Waals surface area (Å²) in [6.07, 6.45) is 0. The minimum atomic E-state index is -0.437. The van der Waals surface area contributed by atoms with Crippen LogP contribution in [0.2, 0.25) is 0 Å². The molecule has 0 radical (unpaired) electrons. The molecule has 1 N–H and O–H groups in total. The fourth-order valence-corrected chi connectivity index (χ4v) is 4.27. The van der Waals surface area contributed by atoms with Crippen LogP contribution in [0, 0.1) is 0 Å². The van der Waals surface area contributed by atoms with Crippen LogP contribution >= 0.6 is 47.8 Å². The fraction of sp³-hybridized carbons (Fsp3) is 0.0714. The Labute approximate surface area is 139 Å². The van der Waals surface area contributed by atoms with Crippen molar-refractivity contribution >= 4 is 58.9 Å². The minimum absolute atomic E-state index is 0.00887. The van der Waals surface area contributed by atoms with Crippen LogP contribution < -0.4 is 5.76 Å². The van der Waals surface area contributed by atoms with Crippen LogP contribution in [0.3, 0.4) is 0 Å². The molecule has 0 saturated heterocycles. The van der Waals surface area contributed by atoms with Gasteiger partial charge in [-0.3, -0.25) is 4.98 Å². The second kappa shape index (κ2) is 5.50. The highest BCUT2D eigenvalue weighted by Crippen LogP contribution is 2.37. The summed E-state index contributed by atoms with van der Waals surface area (Å²) in [5.74, 6) is -0.437. The van der Waals surface area contributed by atoms with Crippen molar-refractivity contribution in [3.63, 3.8) is 0 Å². The summed E-state index contributed by atoms with van der Waals surface area (Å²) in [7, 11) is 0. The molecule has 0 aliphatic carbocycles. The number of aromatic amines is 1. The van der Waals surface area contributed by atoms with Crippen molar-refractivity contribution < 1.29 is 4.42 Å². The number of hydrogen-bond donors (Lipinski definition) is 1. The molecule has 20 heavy (non-hydrogen) atoms. The van der Waals surface area contributed by atoms with Crippen LogP contribution in [0.1, 0.15) is 16.0 Å². The third-order valence-electron chi connectivity index (χ3n) is 2.97. The number of fused-ring (bicyclic) bond motifs is 1. The van der Waals surface area contributed by atoms with Gasteiger partial charge in [0.05, 0.1) is 10.3 Å². The van der Waals surface area contributed by atoms with Crippen molar-refractivity contribution in [1.82, 2.24) is 4.98 Å². The predicted octanol–water partition coefficient (Wildman–Crippen LogP) is 5.13. The average molecular weight is 462 g/mol. The third-order valence-corrected chi connectivity index (χ3v) is 5.18. The molecule has 102 valence electrons. The Balaban J connectivity index is 2.06. The summed E-state index contributed by atoms with van der Waals surface area (Å²) in [6, 6.07) is 11.7. The first-order valence-electron chi connectivity index (χ1n) is 5.76. The second-order valence-corrected chi connectivity index (χ2v) is 6.98. The van der Waals surface area contributed by atoms with E-state index in [9.17, 15) is 4.79 Å². The largest absolute Gasteiger partial charge is 0.417 e. The van der Waals surface area contributed by atoms with E-state index in [1.165, 1.54) is 0 Å². The number of rotatable bonds is 2. The van der Waals surface area contributed by atoms with E-state index >= 15 is 0 Å². The molecule has 1 heterocycles. The predicted molar refractivity (Wildman–Crippen MR) is 89.4 cm³/mol. The molecule has 3 aromatic rings. The molecule has 3 nitrogen and oxygen atoms in total. The van der Waals surface area contributed by atoms with E-state index in [-0.39, 0.29) is 4.83 Å². The zero-order valence-electron chi connectivity index (χ0n) is 9.99. The Bertz CT molecular complexity index is 838. The first kappa shape index (κ1) is 14.1. The molecular formula is C14H8Br3NO2. The van der Waals surface area contributed by atoms with Crippen molar-refractivity contribution in [2.45, 2.75) is 4.83 Å². The topological polar surface area (TPSA) is 46.0 Å². The van der Waals surface area contributed by atoms with Gasteiger partial charge in [-0.25, -0.2) is 4.79 Å². The maximum Gasteiger partial charge on any atom is 0.417 e. The zero-order chi connectivity index (χ0) is 14.3. The number of halogens is 3. The van der Waals surface area contributed by atoms with E-state index in [1.54, 1.807) is 0 Å². The number of benzene rings is 2. The number of alkyl halides is 1. The molecule has 0 aliphatic rings. The van der Waals surface area contributed by atoms with Gasteiger partial charge in [0, 0.05) is 8.95 Å². The van der Waals surface area contributed by atoms with Crippen LogP contribution in [0.5, 0.6) is 0 Å². The first-order valence-corrected chi connectivity index (χ1v) is 8.26. The van der Waals surface area contributed by atoms with Gasteiger partial charge < -0.3 is 4.42 Å². The highest BCUT2D eigenvalue weighted by atomic mass is 79.9. The number of aromatic nitrogens is 1. The molecule has 0 bridgehead atoms. The summed E-state index contributed by atoms with van der Waals surface area (Å²) < 4.78 is 7.11. The number of H-pyrrole nitrogens is 1. The molecule has 1 aromatic heterocycles. The van der Waals surface area contributed by atoms with Crippen LogP contribution in [0.15, 0.2) is 54.6 Å². The number of nitrogens with one attached hydrogen (secondary N) is 1. The van der Waals surface area contributed by atoms with Gasteiger partial charge in [0.1, 0.15) is 0 Å². The summed E-state index contributed by atoms with van der Waals surface area (Å²) in [5, 5.41) is 0. The minimum Gasteiger partial charge on any atom is -0.408 e. The summed E-state index contributed by atoms with van der Waals surface area (Å²) in [6.45, 7) is 0. The molecule has 0 aliphatic heterocycles. The average Bonchev–Trinajstić information content (AvgIpc) is 2.77. The molecule has 1 unspecified atom stereocenters. The lowest BCUT2D eigenvalue weighted by molar-refractivity contribution is 0.555. The van der Waals surface area contributed by atoms with Gasteiger partial charge in [0.25, 0.3) is 0 Å². The highest BCUT2D eigenvalue weighted by Gasteiger charge is 2.15. The Kier molecular flexibility index (Phi) is 3.88. The van der Waals surface area contributed by atoms with Crippen molar-refractivity contribution in [3.8, 4) is 0 Å². The van der Waals surface area contributed by atoms with Gasteiger partial charge in [-0.15, -0.1) is 0 Å². The normalized spacial score (nSPS) is 12.8. The second-order valence-electron chi connectivity index (χ2n) is 4.30. The number of oxazole rings is 1. The van der Waals surface area contributed by atoms with Gasteiger partial charge in [-0.05, 0) is 35.4 Å². The zero-order valence-corrected chi connectivity index (χ0v) is 14.7. The van der Waals surface area contributed by atoms with E-state index in [0.29, 0.717) is 11.1 Å². The van der Waals surface area contributed by atoms with E-state index < -0.39 is 5.76 Å². The summed E-state index contributed by atoms with van der Waals surface area (Å²) in [4.78, 5) is 13.8. The lowest BCUT2D eigenvalue weighted by atomic mass is 10.0. The Hall–Kier alpha value is -0.850. The van der Waals surface area contributed by atoms with Crippen LogP contribution in [0.25, 0.3) is 11.1 Å². The van der Waals surface area contributed by atoms with E-state index in [0.717, 1.165) is 20.1 Å². The maximum atomic E-state index is 11.2. The monoisotopic (exact) mass is 459 g/mol. The molecule has 0 fully saturated rings. The standard InChI is InChI=1S/C14H8Br3NO2/c15-8-2-3-9(10(16)6-8)13(17)7-1-4-11-12(5-7)20-14(19)18-11/h1-6,13H,(H,18,19). The van der Waals surface area contributed by atoms with Crippen molar-refractivity contribution in [1.29, 1.82) is 0 Å². The molecule has 0 saturated carbocycles. The third kappa shape index (κ3) is 2.64. The molecule has 1 atom stereocenters. The molecule has 0 amide bonds. The lowest BCUT2D eigenvalue weighted by Crippen LogP contribution is -1.94. The Morgan fingerprint density at radius 2 is 1.90 bits per heavy atom. The highest BCUT2D eigenvalue weighted by molar-refractivity contribution is 9.11. The van der Waals surface area contributed by atoms with Gasteiger partial charge in [-0.2, -0.15) is 0 Å². The smallest absolute Gasteiger partial charge is 0.408 e. The number of hydrogen-bond acceptors (Lipinski definition) is 2. The van der Waals surface area contributed by atoms with E-state index in [4.69, 9.17) is 4.42 Å². The fourth-order valence-electron chi connectivity index (χ4n) is 2.01. The van der Waals surface area contributed by atoms with Crippen LogP contribution in [-0.2, 0) is 0 Å². The summed E-state index contributed by atoms with van der Waals surface area (Å²) >= 11 is 10.7. The molecular weight excluding hydrogens is 454 g/mol. The molecule has 3 rings (SSSR count). The van der Waals surface area contributed by atoms with E-state index in [2.05, 4.69) is 52.8 Å². The SMILES string of the molecule is O=c1[nH]c2ccc(C(Br)c3ccc(Br)cc3Br)cc2o1. The van der Waals surface area contributed by atoms with Crippen LogP contribution in [-0.4, -0.2) is 4.98 Å². The Morgan fingerprint density at radius 1 is 1.10 bits per heavy atom. The first-order chi connectivity index (χ1) is 9.54. The van der Waals surface area contributed by atoms with Gasteiger partial charge >= 0.3 is 5.76 Å². The van der Waals surface area contributed by atoms with Gasteiger partial charge in [0.2, 0.25) is 0 Å². The van der Waals surface area contributed by atoms with Gasteiger partial charge in [0.15, 0.2) is 5.58 Å².